The molecule has 0 fully saturated rings. The van der Waals surface area contributed by atoms with Crippen molar-refractivity contribution in [1.29, 1.82) is 0 Å². The van der Waals surface area contributed by atoms with Crippen LogP contribution in [0, 0.1) is 27.7 Å². The second-order valence-corrected chi connectivity index (χ2v) is 10.3. The third-order valence-electron chi connectivity index (χ3n) is 5.58. The van der Waals surface area contributed by atoms with E-state index in [2.05, 4.69) is 16.7 Å². The van der Waals surface area contributed by atoms with Crippen LogP contribution in [0.15, 0.2) is 41.3 Å². The molecule has 0 saturated heterocycles. The number of aromatic nitrogens is 2. The smallest absolute Gasteiger partial charge is 0.337 e. The van der Waals surface area contributed by atoms with Gasteiger partial charge in [0.25, 0.3) is 10.0 Å². The monoisotopic (exact) mass is 484 g/mol. The van der Waals surface area contributed by atoms with E-state index in [1.807, 2.05) is 48.7 Å². The Hall–Kier alpha value is -3.33. The molecule has 3 rings (SSSR count). The van der Waals surface area contributed by atoms with Crippen LogP contribution in [0.25, 0.3) is 0 Å². The van der Waals surface area contributed by atoms with Crippen LogP contribution >= 0.6 is 0 Å². The highest BCUT2D eigenvalue weighted by Crippen LogP contribution is 2.28. The van der Waals surface area contributed by atoms with E-state index in [9.17, 15) is 18.3 Å². The second kappa shape index (κ2) is 9.89. The summed E-state index contributed by atoms with van der Waals surface area (Å²) in [5.74, 6) is -1.14. The maximum Gasteiger partial charge on any atom is 0.337 e. The lowest BCUT2D eigenvalue weighted by atomic mass is 10.1. The first-order valence-electron chi connectivity index (χ1n) is 11.2. The van der Waals surface area contributed by atoms with E-state index < -0.39 is 16.0 Å². The van der Waals surface area contributed by atoms with Crippen LogP contribution in [-0.4, -0.2) is 36.3 Å². The van der Waals surface area contributed by atoms with Gasteiger partial charge in [-0.25, -0.2) is 13.2 Å². The zero-order valence-electron chi connectivity index (χ0n) is 20.5. The zero-order valence-corrected chi connectivity index (χ0v) is 21.3. The molecular weight excluding hydrogens is 452 g/mol. The predicted octanol–water partition coefficient (Wildman–Crippen LogP) is 4.66. The number of carboxylic acids is 1. The fraction of sp³-hybridized carbons (Fsp3) is 0.360. The number of benzene rings is 2. The van der Waals surface area contributed by atoms with E-state index in [1.165, 1.54) is 6.07 Å². The highest BCUT2D eigenvalue weighted by Gasteiger charge is 2.22. The van der Waals surface area contributed by atoms with Crippen LogP contribution in [-0.2, 0) is 23.1 Å². The lowest BCUT2D eigenvalue weighted by Crippen LogP contribution is -2.22. The minimum absolute atomic E-state index is 0.0123. The van der Waals surface area contributed by atoms with Gasteiger partial charge in [-0.3, -0.25) is 9.40 Å². The molecule has 0 aliphatic heterocycles. The van der Waals surface area contributed by atoms with Gasteiger partial charge in [0.1, 0.15) is 0 Å². The minimum Gasteiger partial charge on any atom is -0.478 e. The van der Waals surface area contributed by atoms with Crippen molar-refractivity contribution in [1.82, 2.24) is 9.78 Å². The molecule has 1 heterocycles. The van der Waals surface area contributed by atoms with E-state index in [-0.39, 0.29) is 16.1 Å². The molecule has 1 aromatic heterocycles. The van der Waals surface area contributed by atoms with Crippen LogP contribution < -0.4 is 9.62 Å². The zero-order chi connectivity index (χ0) is 25.2. The number of rotatable bonds is 9. The van der Waals surface area contributed by atoms with Gasteiger partial charge in [-0.05, 0) is 69.5 Å². The number of anilines is 2. The first-order valence-corrected chi connectivity index (χ1v) is 12.6. The summed E-state index contributed by atoms with van der Waals surface area (Å²) >= 11 is 0. The Labute approximate surface area is 201 Å². The second-order valence-electron chi connectivity index (χ2n) is 8.73. The number of nitrogens with zero attached hydrogens (tertiary/aromatic N) is 3. The molecule has 0 saturated carbocycles. The first kappa shape index (κ1) is 25.3. The molecule has 0 radical (unpaired) electrons. The third kappa shape index (κ3) is 5.41. The summed E-state index contributed by atoms with van der Waals surface area (Å²) in [6, 6.07) is 10.2. The molecule has 0 bridgehead atoms. The molecule has 2 aromatic carbocycles. The Morgan fingerprint density at radius 3 is 2.32 bits per heavy atom. The van der Waals surface area contributed by atoms with Crippen LogP contribution in [0.3, 0.4) is 0 Å². The standard InChI is InChI=1S/C25H32N4O4S/c1-7-10-29-21(13-19(5)26-29)15-28(6)23-9-8-20(14-22(23)25(30)31)27-34(32,33)24-17(3)11-16(2)12-18(24)4/h8-9,11-14,27H,7,10,15H2,1-6H3,(H,30,31). The summed E-state index contributed by atoms with van der Waals surface area (Å²) in [5.41, 5.74) is 4.83. The van der Waals surface area contributed by atoms with Gasteiger partial charge in [0.05, 0.1) is 34.1 Å². The van der Waals surface area contributed by atoms with Crippen molar-refractivity contribution in [3.63, 3.8) is 0 Å². The van der Waals surface area contributed by atoms with Crippen molar-refractivity contribution in [3.8, 4) is 0 Å². The van der Waals surface area contributed by atoms with Crippen molar-refractivity contribution >= 4 is 27.4 Å². The Balaban J connectivity index is 1.92. The van der Waals surface area contributed by atoms with Crippen LogP contribution in [0.1, 0.15) is 51.8 Å². The van der Waals surface area contributed by atoms with Crippen molar-refractivity contribution < 1.29 is 18.3 Å². The summed E-state index contributed by atoms with van der Waals surface area (Å²) in [6.07, 6.45) is 0.937. The highest BCUT2D eigenvalue weighted by molar-refractivity contribution is 7.92. The van der Waals surface area contributed by atoms with Gasteiger partial charge >= 0.3 is 5.97 Å². The fourth-order valence-electron chi connectivity index (χ4n) is 4.36. The van der Waals surface area contributed by atoms with Crippen molar-refractivity contribution in [2.24, 2.45) is 0 Å². The normalized spacial score (nSPS) is 11.5. The number of carbonyl (C=O) groups is 1. The number of nitrogens with one attached hydrogen (secondary N) is 1. The molecule has 34 heavy (non-hydrogen) atoms. The Morgan fingerprint density at radius 1 is 1.09 bits per heavy atom. The van der Waals surface area contributed by atoms with E-state index >= 15 is 0 Å². The number of hydrogen-bond acceptors (Lipinski definition) is 5. The molecule has 8 nitrogen and oxygen atoms in total. The average molecular weight is 485 g/mol. The molecule has 0 atom stereocenters. The van der Waals surface area contributed by atoms with Gasteiger partial charge in [-0.1, -0.05) is 24.6 Å². The highest BCUT2D eigenvalue weighted by atomic mass is 32.2. The Kier molecular flexibility index (Phi) is 7.35. The van der Waals surface area contributed by atoms with Gasteiger partial charge in [0, 0.05) is 19.3 Å². The summed E-state index contributed by atoms with van der Waals surface area (Å²) in [7, 11) is -2.08. The van der Waals surface area contributed by atoms with E-state index in [0.717, 1.165) is 29.9 Å². The maximum absolute atomic E-state index is 13.1. The van der Waals surface area contributed by atoms with Gasteiger partial charge in [0.15, 0.2) is 0 Å². The number of aromatic carboxylic acids is 1. The Bertz CT molecular complexity index is 1310. The summed E-state index contributed by atoms with van der Waals surface area (Å²) in [4.78, 5) is 14.1. The lowest BCUT2D eigenvalue weighted by Gasteiger charge is -2.22. The molecule has 0 amide bonds. The number of aryl methyl sites for hydroxylation is 5. The summed E-state index contributed by atoms with van der Waals surface area (Å²) in [5, 5.41) is 14.4. The summed E-state index contributed by atoms with van der Waals surface area (Å²) < 4.78 is 30.7. The Morgan fingerprint density at radius 2 is 1.74 bits per heavy atom. The molecule has 182 valence electrons. The number of hydrogen-bond donors (Lipinski definition) is 2. The van der Waals surface area contributed by atoms with Gasteiger partial charge in [-0.15, -0.1) is 0 Å². The topological polar surface area (TPSA) is 105 Å². The van der Waals surface area contributed by atoms with Gasteiger partial charge in [-0.2, -0.15) is 5.10 Å². The maximum atomic E-state index is 13.1. The first-order chi connectivity index (χ1) is 15.9. The van der Waals surface area contributed by atoms with Gasteiger partial charge < -0.3 is 10.0 Å². The fourth-order valence-corrected chi connectivity index (χ4v) is 5.87. The van der Waals surface area contributed by atoms with Crippen LogP contribution in [0.2, 0.25) is 0 Å². The molecule has 2 N–H and O–H groups in total. The van der Waals surface area contributed by atoms with Gasteiger partial charge in [0.2, 0.25) is 0 Å². The van der Waals surface area contributed by atoms with Crippen molar-refractivity contribution in [2.45, 2.75) is 59.0 Å². The average Bonchev–Trinajstić information content (AvgIpc) is 3.05. The summed E-state index contributed by atoms with van der Waals surface area (Å²) in [6.45, 7) is 10.7. The van der Waals surface area contributed by atoms with Crippen LogP contribution in [0.5, 0.6) is 0 Å². The quantitative estimate of drug-likeness (QED) is 0.458. The van der Waals surface area contributed by atoms with E-state index in [4.69, 9.17) is 0 Å². The molecule has 0 aliphatic carbocycles. The lowest BCUT2D eigenvalue weighted by molar-refractivity contribution is 0.0697. The van der Waals surface area contributed by atoms with E-state index in [1.54, 1.807) is 26.0 Å². The predicted molar refractivity (Wildman–Crippen MR) is 134 cm³/mol. The van der Waals surface area contributed by atoms with Crippen LogP contribution in [0.4, 0.5) is 11.4 Å². The third-order valence-corrected chi connectivity index (χ3v) is 7.27. The molecule has 3 aromatic rings. The molecular formula is C25H32N4O4S. The largest absolute Gasteiger partial charge is 0.478 e. The SMILES string of the molecule is CCCn1nc(C)cc1CN(C)c1ccc(NS(=O)(=O)c2c(C)cc(C)cc2C)cc1C(=O)O. The van der Waals surface area contributed by atoms with Crippen molar-refractivity contribution in [2.75, 3.05) is 16.7 Å². The minimum atomic E-state index is -3.89. The molecule has 0 aliphatic rings. The molecule has 0 spiro atoms. The molecule has 0 unspecified atom stereocenters. The van der Waals surface area contributed by atoms with Crippen molar-refractivity contribution in [3.05, 3.63) is 70.0 Å². The number of sulfonamides is 1. The van der Waals surface area contributed by atoms with E-state index in [0.29, 0.717) is 23.4 Å². The number of carboxylic acid groups (broad SMARTS) is 1. The molecule has 9 heteroatoms.